The highest BCUT2D eigenvalue weighted by Gasteiger charge is 2.41. The fraction of sp³-hybridized carbons (Fsp3) is 0.625. The van der Waals surface area contributed by atoms with Crippen molar-refractivity contribution in [2.75, 3.05) is 19.8 Å². The highest BCUT2D eigenvalue weighted by molar-refractivity contribution is 5.21. The number of rotatable bonds is 2. The third kappa shape index (κ3) is 3.10. The lowest BCUT2D eigenvalue weighted by atomic mass is 9.77. The van der Waals surface area contributed by atoms with E-state index >= 15 is 0 Å². The molecule has 2 unspecified atom stereocenters. The fourth-order valence-corrected chi connectivity index (χ4v) is 3.42. The molecule has 5 heteroatoms. The Morgan fingerprint density at radius 1 is 1.19 bits per heavy atom. The zero-order valence-corrected chi connectivity index (χ0v) is 11.9. The summed E-state index contributed by atoms with van der Waals surface area (Å²) in [5.74, 6) is -1.39. The van der Waals surface area contributed by atoms with Crippen LogP contribution in [0.15, 0.2) is 18.2 Å². The van der Waals surface area contributed by atoms with Crippen LogP contribution in [0.25, 0.3) is 0 Å². The molecule has 3 nitrogen and oxygen atoms in total. The van der Waals surface area contributed by atoms with Gasteiger partial charge in [0, 0.05) is 31.5 Å². The van der Waals surface area contributed by atoms with Crippen molar-refractivity contribution in [2.24, 2.45) is 5.92 Å². The number of benzene rings is 1. The van der Waals surface area contributed by atoms with Crippen LogP contribution in [0.1, 0.15) is 37.4 Å². The summed E-state index contributed by atoms with van der Waals surface area (Å²) in [6, 6.07) is 3.34. The van der Waals surface area contributed by atoms with Crippen LogP contribution in [0.2, 0.25) is 0 Å². The van der Waals surface area contributed by atoms with Gasteiger partial charge in [-0.25, -0.2) is 8.78 Å². The maximum atomic E-state index is 13.8. The maximum absolute atomic E-state index is 13.8. The van der Waals surface area contributed by atoms with Crippen molar-refractivity contribution in [1.29, 1.82) is 0 Å². The number of aliphatic hydroxyl groups excluding tert-OH is 1. The SMILES string of the molecule is OC(c1ccc(F)cc1F)C1CCOC2(CCOCC2)C1. The van der Waals surface area contributed by atoms with Gasteiger partial charge in [0.15, 0.2) is 0 Å². The first-order valence-corrected chi connectivity index (χ1v) is 7.44. The largest absolute Gasteiger partial charge is 0.388 e. The van der Waals surface area contributed by atoms with E-state index in [2.05, 4.69) is 0 Å². The molecule has 3 rings (SSSR count). The normalized spacial score (nSPS) is 26.7. The Hall–Kier alpha value is -1.04. The minimum Gasteiger partial charge on any atom is -0.388 e. The van der Waals surface area contributed by atoms with E-state index < -0.39 is 17.7 Å². The van der Waals surface area contributed by atoms with Gasteiger partial charge >= 0.3 is 0 Å². The summed E-state index contributed by atoms with van der Waals surface area (Å²) >= 11 is 0. The summed E-state index contributed by atoms with van der Waals surface area (Å²) in [4.78, 5) is 0. The highest BCUT2D eigenvalue weighted by Crippen LogP contribution is 2.42. The molecule has 2 aliphatic rings. The molecule has 2 aliphatic heterocycles. The second kappa shape index (κ2) is 5.99. The molecule has 2 heterocycles. The van der Waals surface area contributed by atoms with Crippen LogP contribution in [0.5, 0.6) is 0 Å². The molecule has 0 amide bonds. The molecule has 116 valence electrons. The first-order valence-electron chi connectivity index (χ1n) is 7.44. The molecule has 2 atom stereocenters. The molecule has 2 fully saturated rings. The van der Waals surface area contributed by atoms with Gasteiger partial charge in [0.2, 0.25) is 0 Å². The first-order chi connectivity index (χ1) is 10.1. The van der Waals surface area contributed by atoms with Crippen LogP contribution in [0.4, 0.5) is 8.78 Å². The van der Waals surface area contributed by atoms with Gasteiger partial charge in [-0.15, -0.1) is 0 Å². The van der Waals surface area contributed by atoms with Crippen molar-refractivity contribution in [3.63, 3.8) is 0 Å². The van der Waals surface area contributed by atoms with Crippen molar-refractivity contribution in [3.8, 4) is 0 Å². The Labute approximate surface area is 122 Å². The molecule has 1 N–H and O–H groups in total. The van der Waals surface area contributed by atoms with Crippen LogP contribution in [0, 0.1) is 17.6 Å². The molecule has 0 saturated carbocycles. The number of ether oxygens (including phenoxy) is 2. The van der Waals surface area contributed by atoms with E-state index in [1.807, 2.05) is 0 Å². The average molecular weight is 298 g/mol. The van der Waals surface area contributed by atoms with Crippen molar-refractivity contribution in [3.05, 3.63) is 35.4 Å². The van der Waals surface area contributed by atoms with Crippen molar-refractivity contribution < 1.29 is 23.4 Å². The topological polar surface area (TPSA) is 38.7 Å². The molecular formula is C16H20F2O3. The quantitative estimate of drug-likeness (QED) is 0.912. The number of halogens is 2. The van der Waals surface area contributed by atoms with E-state index in [0.717, 1.165) is 18.9 Å². The van der Waals surface area contributed by atoms with E-state index in [1.54, 1.807) is 0 Å². The maximum Gasteiger partial charge on any atom is 0.131 e. The first kappa shape index (κ1) is 14.9. The predicted octanol–water partition coefficient (Wildman–Crippen LogP) is 2.97. The van der Waals surface area contributed by atoms with Crippen molar-refractivity contribution in [1.82, 2.24) is 0 Å². The summed E-state index contributed by atoms with van der Waals surface area (Å²) in [7, 11) is 0. The molecule has 0 aliphatic carbocycles. The fourth-order valence-electron chi connectivity index (χ4n) is 3.42. The lowest BCUT2D eigenvalue weighted by Crippen LogP contribution is -2.45. The lowest BCUT2D eigenvalue weighted by molar-refractivity contribution is -0.159. The molecule has 0 radical (unpaired) electrons. The van der Waals surface area contributed by atoms with E-state index in [1.165, 1.54) is 12.1 Å². The second-order valence-electron chi connectivity index (χ2n) is 6.01. The number of hydrogen-bond acceptors (Lipinski definition) is 3. The predicted molar refractivity (Wildman–Crippen MR) is 72.8 cm³/mol. The zero-order chi connectivity index (χ0) is 14.9. The van der Waals surface area contributed by atoms with Crippen molar-refractivity contribution in [2.45, 2.75) is 37.4 Å². The lowest BCUT2D eigenvalue weighted by Gasteiger charge is -2.44. The van der Waals surface area contributed by atoms with E-state index in [9.17, 15) is 13.9 Å². The zero-order valence-electron chi connectivity index (χ0n) is 11.9. The van der Waals surface area contributed by atoms with Crippen LogP contribution < -0.4 is 0 Å². The van der Waals surface area contributed by atoms with Gasteiger partial charge in [-0.1, -0.05) is 6.07 Å². The number of hydrogen-bond donors (Lipinski definition) is 1. The Bertz CT molecular complexity index is 495. The summed E-state index contributed by atoms with van der Waals surface area (Å²) in [6.45, 7) is 1.88. The summed E-state index contributed by atoms with van der Waals surface area (Å²) < 4.78 is 38.1. The molecule has 21 heavy (non-hydrogen) atoms. The van der Waals surface area contributed by atoms with Gasteiger partial charge in [0.1, 0.15) is 11.6 Å². The Morgan fingerprint density at radius 2 is 1.95 bits per heavy atom. The van der Waals surface area contributed by atoms with Gasteiger partial charge < -0.3 is 14.6 Å². The van der Waals surface area contributed by atoms with Crippen LogP contribution in [0.3, 0.4) is 0 Å². The Kier molecular flexibility index (Phi) is 4.24. The molecule has 1 spiro atoms. The standard InChI is InChI=1S/C16H20F2O3/c17-12-1-2-13(14(18)9-12)15(19)11-3-6-21-16(10-11)4-7-20-8-5-16/h1-2,9,11,15,19H,3-8,10H2. The molecule has 0 aromatic heterocycles. The molecular weight excluding hydrogens is 278 g/mol. The highest BCUT2D eigenvalue weighted by atomic mass is 19.1. The van der Waals surface area contributed by atoms with Crippen LogP contribution >= 0.6 is 0 Å². The third-order valence-corrected chi connectivity index (χ3v) is 4.66. The van der Waals surface area contributed by atoms with Crippen LogP contribution in [-0.2, 0) is 9.47 Å². The molecule has 1 aromatic rings. The molecule has 2 saturated heterocycles. The Morgan fingerprint density at radius 3 is 2.67 bits per heavy atom. The van der Waals surface area contributed by atoms with Crippen molar-refractivity contribution >= 4 is 0 Å². The van der Waals surface area contributed by atoms with E-state index in [4.69, 9.17) is 9.47 Å². The minimum atomic E-state index is -0.922. The second-order valence-corrected chi connectivity index (χ2v) is 6.01. The summed E-state index contributed by atoms with van der Waals surface area (Å²) in [5, 5.41) is 10.5. The smallest absolute Gasteiger partial charge is 0.131 e. The summed E-state index contributed by atoms with van der Waals surface area (Å²) in [5.41, 5.74) is -0.0796. The van der Waals surface area contributed by atoms with Gasteiger partial charge in [-0.2, -0.15) is 0 Å². The monoisotopic (exact) mass is 298 g/mol. The summed E-state index contributed by atoms with van der Waals surface area (Å²) in [6.07, 6.45) is 2.06. The molecule has 1 aromatic carbocycles. The van der Waals surface area contributed by atoms with Gasteiger partial charge in [0.25, 0.3) is 0 Å². The number of aliphatic hydroxyl groups is 1. The minimum absolute atomic E-state index is 0.0724. The van der Waals surface area contributed by atoms with Gasteiger partial charge in [-0.3, -0.25) is 0 Å². The van der Waals surface area contributed by atoms with Crippen LogP contribution in [-0.4, -0.2) is 30.5 Å². The average Bonchev–Trinajstić information content (AvgIpc) is 2.47. The van der Waals surface area contributed by atoms with Gasteiger partial charge in [0.05, 0.1) is 11.7 Å². The molecule has 0 bridgehead atoms. The van der Waals surface area contributed by atoms with E-state index in [-0.39, 0.29) is 17.1 Å². The Balaban J connectivity index is 1.76. The van der Waals surface area contributed by atoms with E-state index in [0.29, 0.717) is 32.7 Å². The third-order valence-electron chi connectivity index (χ3n) is 4.66. The van der Waals surface area contributed by atoms with Gasteiger partial charge in [-0.05, 0) is 37.7 Å².